The number of carbonyl (C=O) groups excluding carboxylic acids is 1. The van der Waals surface area contributed by atoms with Gasteiger partial charge in [0.25, 0.3) is 0 Å². The van der Waals surface area contributed by atoms with Crippen LogP contribution in [-0.2, 0) is 24.7 Å². The molecule has 5 rings (SSSR count). The first kappa shape index (κ1) is 19.5. The number of fused-ring (bicyclic) bond motifs is 2. The fraction of sp³-hybridized carbons (Fsp3) is 0.217. The number of pyridine rings is 1. The lowest BCUT2D eigenvalue weighted by atomic mass is 10.0. The molecule has 0 bridgehead atoms. The molecule has 1 aliphatic rings. The second-order valence-corrected chi connectivity index (χ2v) is 8.16. The third-order valence-corrected chi connectivity index (χ3v) is 6.18. The van der Waals surface area contributed by atoms with Crippen molar-refractivity contribution in [2.45, 2.75) is 19.8 Å². The zero-order valence-electron chi connectivity index (χ0n) is 17.3. The third kappa shape index (κ3) is 3.21. The Hall–Kier alpha value is -3.45. The monoisotopic (exact) mass is 432 g/mol. The first-order valence-corrected chi connectivity index (χ1v) is 10.4. The summed E-state index contributed by atoms with van der Waals surface area (Å²) in [5.74, 6) is 0.433. The van der Waals surface area contributed by atoms with Crippen molar-refractivity contribution in [3.8, 4) is 11.1 Å². The molecule has 4 aromatic rings. The molecule has 8 heteroatoms. The molecule has 7 nitrogen and oxygen atoms in total. The Morgan fingerprint density at radius 3 is 2.84 bits per heavy atom. The Bertz CT molecular complexity index is 1350. The van der Waals surface area contributed by atoms with E-state index in [1.165, 1.54) is 6.33 Å². The van der Waals surface area contributed by atoms with E-state index in [1.807, 2.05) is 55.1 Å². The van der Waals surface area contributed by atoms with Gasteiger partial charge >= 0.3 is 0 Å². The van der Waals surface area contributed by atoms with Crippen molar-refractivity contribution < 1.29 is 4.79 Å². The summed E-state index contributed by atoms with van der Waals surface area (Å²) in [7, 11) is 1.92. The van der Waals surface area contributed by atoms with Gasteiger partial charge in [0, 0.05) is 48.0 Å². The number of hydrogen-bond acceptors (Lipinski definition) is 5. The van der Waals surface area contributed by atoms with Gasteiger partial charge in [-0.3, -0.25) is 9.78 Å². The second-order valence-electron chi connectivity index (χ2n) is 7.78. The highest BCUT2D eigenvalue weighted by atomic mass is 35.5. The van der Waals surface area contributed by atoms with Gasteiger partial charge in [0.05, 0.1) is 16.8 Å². The lowest BCUT2D eigenvalue weighted by Gasteiger charge is -2.18. The Balaban J connectivity index is 1.52. The fourth-order valence-corrected chi connectivity index (χ4v) is 4.66. The van der Waals surface area contributed by atoms with E-state index >= 15 is 0 Å². The van der Waals surface area contributed by atoms with Gasteiger partial charge in [0.1, 0.15) is 17.8 Å². The quantitative estimate of drug-likeness (QED) is 0.533. The number of nitrogens with zero attached hydrogens (tertiary/aromatic N) is 5. The second kappa shape index (κ2) is 7.35. The number of anilines is 2. The van der Waals surface area contributed by atoms with Gasteiger partial charge in [0.2, 0.25) is 5.91 Å². The number of halogens is 1. The molecule has 1 amide bonds. The first-order chi connectivity index (χ1) is 14.9. The van der Waals surface area contributed by atoms with Gasteiger partial charge in [-0.15, -0.1) is 0 Å². The molecule has 0 atom stereocenters. The summed E-state index contributed by atoms with van der Waals surface area (Å²) < 4.78 is 1.91. The number of amides is 1. The van der Waals surface area contributed by atoms with Crippen molar-refractivity contribution in [3.63, 3.8) is 0 Å². The van der Waals surface area contributed by atoms with E-state index in [9.17, 15) is 4.79 Å². The van der Waals surface area contributed by atoms with Crippen LogP contribution < -0.4 is 10.6 Å². The molecule has 31 heavy (non-hydrogen) atoms. The zero-order chi connectivity index (χ0) is 21.7. The van der Waals surface area contributed by atoms with Gasteiger partial charge in [-0.05, 0) is 37.1 Å². The predicted molar refractivity (Wildman–Crippen MR) is 122 cm³/mol. The Morgan fingerprint density at radius 1 is 1.19 bits per heavy atom. The van der Waals surface area contributed by atoms with E-state index in [-0.39, 0.29) is 12.3 Å². The van der Waals surface area contributed by atoms with Crippen LogP contribution in [0, 0.1) is 6.92 Å². The molecule has 0 radical (unpaired) electrons. The Morgan fingerprint density at radius 2 is 2.03 bits per heavy atom. The lowest BCUT2D eigenvalue weighted by Crippen LogP contribution is -2.30. The number of hydrogen-bond donors (Lipinski definition) is 1. The summed E-state index contributed by atoms with van der Waals surface area (Å²) in [5.41, 5.74) is 12.1. The highest BCUT2D eigenvalue weighted by molar-refractivity contribution is 6.35. The maximum Gasteiger partial charge on any atom is 0.233 e. The maximum atomic E-state index is 13.0. The molecule has 3 aromatic heterocycles. The summed E-state index contributed by atoms with van der Waals surface area (Å²) in [6.07, 6.45) is 4.38. The van der Waals surface area contributed by atoms with Crippen LogP contribution in [0.5, 0.6) is 0 Å². The third-order valence-electron chi connectivity index (χ3n) is 5.75. The van der Waals surface area contributed by atoms with Gasteiger partial charge in [-0.1, -0.05) is 23.7 Å². The normalized spacial score (nSPS) is 13.1. The molecule has 0 aliphatic carbocycles. The van der Waals surface area contributed by atoms with E-state index in [0.29, 0.717) is 23.8 Å². The number of carbonyl (C=O) groups is 1. The highest BCUT2D eigenvalue weighted by Crippen LogP contribution is 2.43. The average molecular weight is 433 g/mol. The SMILES string of the molecule is Cc1cccc(CC(=O)N2CCc3c2ccc(-c2cn(C)c4ncnc(N)c24)c3Cl)n1. The summed E-state index contributed by atoms with van der Waals surface area (Å²) in [5, 5.41) is 1.42. The largest absolute Gasteiger partial charge is 0.383 e. The fourth-order valence-electron chi connectivity index (χ4n) is 4.30. The van der Waals surface area contributed by atoms with Crippen molar-refractivity contribution >= 4 is 40.0 Å². The van der Waals surface area contributed by atoms with Crippen LogP contribution >= 0.6 is 11.6 Å². The molecule has 4 heterocycles. The molecule has 0 saturated heterocycles. The molecule has 156 valence electrons. The summed E-state index contributed by atoms with van der Waals surface area (Å²) in [6.45, 7) is 2.52. The minimum atomic E-state index is 0.0171. The number of aromatic nitrogens is 4. The van der Waals surface area contributed by atoms with E-state index in [2.05, 4.69) is 15.0 Å². The number of benzene rings is 1. The average Bonchev–Trinajstić information content (AvgIpc) is 3.31. The van der Waals surface area contributed by atoms with Crippen molar-refractivity contribution in [2.24, 2.45) is 7.05 Å². The number of aryl methyl sites for hydroxylation is 2. The molecule has 0 fully saturated rings. The molecule has 2 N–H and O–H groups in total. The van der Waals surface area contributed by atoms with E-state index in [4.69, 9.17) is 17.3 Å². The molecule has 1 aromatic carbocycles. The van der Waals surface area contributed by atoms with Crippen LogP contribution in [0.15, 0.2) is 42.9 Å². The van der Waals surface area contributed by atoms with Gasteiger partial charge in [0.15, 0.2) is 0 Å². The predicted octanol–water partition coefficient (Wildman–Crippen LogP) is 3.71. The molecular weight excluding hydrogens is 412 g/mol. The molecule has 0 saturated carbocycles. The topological polar surface area (TPSA) is 89.9 Å². The summed E-state index contributed by atoms with van der Waals surface area (Å²) >= 11 is 6.86. The number of nitrogen functional groups attached to an aromatic ring is 1. The number of rotatable bonds is 3. The maximum absolute atomic E-state index is 13.0. The molecule has 0 spiro atoms. The highest BCUT2D eigenvalue weighted by Gasteiger charge is 2.29. The van der Waals surface area contributed by atoms with Crippen LogP contribution in [0.4, 0.5) is 11.5 Å². The van der Waals surface area contributed by atoms with E-state index in [1.54, 1.807) is 4.90 Å². The van der Waals surface area contributed by atoms with Gasteiger partial charge in [-0.2, -0.15) is 0 Å². The summed E-state index contributed by atoms with van der Waals surface area (Å²) in [6, 6.07) is 9.63. The summed E-state index contributed by atoms with van der Waals surface area (Å²) in [4.78, 5) is 27.7. The van der Waals surface area contributed by atoms with Crippen molar-refractivity contribution in [3.05, 3.63) is 64.8 Å². The minimum absolute atomic E-state index is 0.0171. The van der Waals surface area contributed by atoms with Crippen molar-refractivity contribution in [1.82, 2.24) is 19.5 Å². The van der Waals surface area contributed by atoms with Crippen LogP contribution in [0.25, 0.3) is 22.2 Å². The zero-order valence-corrected chi connectivity index (χ0v) is 18.0. The van der Waals surface area contributed by atoms with E-state index in [0.717, 1.165) is 44.8 Å². The van der Waals surface area contributed by atoms with Crippen molar-refractivity contribution in [1.29, 1.82) is 0 Å². The smallest absolute Gasteiger partial charge is 0.233 e. The Labute approximate surface area is 184 Å². The molecular formula is C23H21ClN6O. The van der Waals surface area contributed by atoms with Crippen LogP contribution in [0.3, 0.4) is 0 Å². The molecule has 1 aliphatic heterocycles. The van der Waals surface area contributed by atoms with Crippen LogP contribution in [0.1, 0.15) is 17.0 Å². The van der Waals surface area contributed by atoms with Crippen LogP contribution in [0.2, 0.25) is 5.02 Å². The number of nitrogens with two attached hydrogens (primary N) is 1. The van der Waals surface area contributed by atoms with Gasteiger partial charge < -0.3 is 15.2 Å². The van der Waals surface area contributed by atoms with Gasteiger partial charge in [-0.25, -0.2) is 9.97 Å². The first-order valence-electron chi connectivity index (χ1n) is 10.0. The minimum Gasteiger partial charge on any atom is -0.383 e. The standard InChI is InChI=1S/C23H21ClN6O/c1-13-4-3-5-14(28-13)10-19(31)30-9-8-16-18(30)7-6-15(21(16)24)17-11-29(2)23-20(17)22(25)26-12-27-23/h3-7,11-12H,8-10H2,1-2H3,(H2,25,26,27). The van der Waals surface area contributed by atoms with E-state index < -0.39 is 0 Å². The van der Waals surface area contributed by atoms with Crippen molar-refractivity contribution in [2.75, 3.05) is 17.2 Å². The lowest BCUT2D eigenvalue weighted by molar-refractivity contribution is -0.117. The van der Waals surface area contributed by atoms with Crippen LogP contribution in [-0.4, -0.2) is 32.0 Å². The Kier molecular flexibility index (Phi) is 4.63. The molecule has 0 unspecified atom stereocenters.